The summed E-state index contributed by atoms with van der Waals surface area (Å²) in [7, 11) is 1.63. The van der Waals surface area contributed by atoms with Crippen molar-refractivity contribution in [2.75, 3.05) is 20.3 Å². The van der Waals surface area contributed by atoms with Crippen LogP contribution in [-0.2, 0) is 11.3 Å². The van der Waals surface area contributed by atoms with E-state index in [0.29, 0.717) is 13.2 Å². The van der Waals surface area contributed by atoms with Gasteiger partial charge in [0, 0.05) is 6.54 Å². The van der Waals surface area contributed by atoms with Gasteiger partial charge >= 0.3 is 5.97 Å². The normalized spacial score (nSPS) is 18.4. The molecule has 1 fully saturated rings. The third-order valence-electron chi connectivity index (χ3n) is 4.02. The lowest BCUT2D eigenvalue weighted by atomic mass is 10.1. The number of hydrogen-bond donors (Lipinski definition) is 1. The average molecular weight is 307 g/mol. The van der Waals surface area contributed by atoms with Crippen LogP contribution < -0.4 is 9.47 Å². The van der Waals surface area contributed by atoms with Crippen molar-refractivity contribution in [3.05, 3.63) is 23.8 Å². The molecule has 1 heterocycles. The summed E-state index contributed by atoms with van der Waals surface area (Å²) in [6.45, 7) is 4.24. The van der Waals surface area contributed by atoms with Gasteiger partial charge in [0.05, 0.1) is 13.7 Å². The van der Waals surface area contributed by atoms with Crippen LogP contribution in [0.3, 0.4) is 0 Å². The van der Waals surface area contributed by atoms with E-state index in [9.17, 15) is 9.90 Å². The van der Waals surface area contributed by atoms with E-state index < -0.39 is 5.97 Å². The zero-order chi connectivity index (χ0) is 15.9. The van der Waals surface area contributed by atoms with Gasteiger partial charge in [-0.2, -0.15) is 0 Å². The molecule has 1 atom stereocenters. The first-order valence-corrected chi connectivity index (χ1v) is 7.92. The molecule has 5 nitrogen and oxygen atoms in total. The molecule has 1 N–H and O–H groups in total. The Morgan fingerprint density at radius 2 is 2.23 bits per heavy atom. The number of likely N-dealkylation sites (tertiary alicyclic amines) is 1. The molecule has 22 heavy (non-hydrogen) atoms. The lowest BCUT2D eigenvalue weighted by Crippen LogP contribution is -2.35. The number of benzene rings is 1. The van der Waals surface area contributed by atoms with Gasteiger partial charge in [-0.1, -0.05) is 19.4 Å². The lowest BCUT2D eigenvalue weighted by Gasteiger charge is -2.21. The highest BCUT2D eigenvalue weighted by Gasteiger charge is 2.30. The van der Waals surface area contributed by atoms with Crippen LogP contribution in [0.4, 0.5) is 0 Å². The average Bonchev–Trinajstić information content (AvgIpc) is 2.96. The van der Waals surface area contributed by atoms with Crippen molar-refractivity contribution in [3.63, 3.8) is 0 Å². The molecule has 0 aliphatic carbocycles. The summed E-state index contributed by atoms with van der Waals surface area (Å²) in [4.78, 5) is 13.3. The summed E-state index contributed by atoms with van der Waals surface area (Å²) in [6, 6.07) is 5.46. The van der Waals surface area contributed by atoms with Crippen LogP contribution in [0.1, 0.15) is 38.2 Å². The molecule has 1 saturated heterocycles. The molecule has 1 aliphatic heterocycles. The first-order chi connectivity index (χ1) is 10.7. The molecule has 0 radical (unpaired) electrons. The van der Waals surface area contributed by atoms with Gasteiger partial charge in [-0.3, -0.25) is 9.69 Å². The Balaban J connectivity index is 2.07. The van der Waals surface area contributed by atoms with E-state index in [1.54, 1.807) is 7.11 Å². The summed E-state index contributed by atoms with van der Waals surface area (Å²) >= 11 is 0. The zero-order valence-electron chi connectivity index (χ0n) is 13.4. The second kappa shape index (κ2) is 8.03. The minimum atomic E-state index is -0.731. The predicted octanol–water partition coefficient (Wildman–Crippen LogP) is 2.92. The van der Waals surface area contributed by atoms with Crippen LogP contribution in [-0.4, -0.2) is 42.3 Å². The van der Waals surface area contributed by atoms with Crippen molar-refractivity contribution in [1.82, 2.24) is 4.90 Å². The Kier molecular flexibility index (Phi) is 6.07. The highest BCUT2D eigenvalue weighted by Crippen LogP contribution is 2.30. The van der Waals surface area contributed by atoms with E-state index in [4.69, 9.17) is 9.47 Å². The summed E-state index contributed by atoms with van der Waals surface area (Å²) in [5.74, 6) is 0.723. The smallest absolute Gasteiger partial charge is 0.320 e. The van der Waals surface area contributed by atoms with E-state index in [2.05, 4.69) is 6.92 Å². The first kappa shape index (κ1) is 16.6. The van der Waals surface area contributed by atoms with Crippen LogP contribution in [0.25, 0.3) is 0 Å². The molecular weight excluding hydrogens is 282 g/mol. The highest BCUT2D eigenvalue weighted by molar-refractivity contribution is 5.73. The van der Waals surface area contributed by atoms with Gasteiger partial charge in [0.25, 0.3) is 0 Å². The Morgan fingerprint density at radius 1 is 1.41 bits per heavy atom. The zero-order valence-corrected chi connectivity index (χ0v) is 13.4. The molecular formula is C17H25NO4. The molecule has 0 bridgehead atoms. The van der Waals surface area contributed by atoms with Crippen molar-refractivity contribution in [2.45, 2.75) is 45.2 Å². The second-order valence-electron chi connectivity index (χ2n) is 5.65. The Bertz CT molecular complexity index is 503. The SMILES string of the molecule is CCCCOc1cc(CN2CCCC2C(=O)O)ccc1OC. The van der Waals surface area contributed by atoms with Crippen molar-refractivity contribution in [2.24, 2.45) is 0 Å². The minimum Gasteiger partial charge on any atom is -0.493 e. The van der Waals surface area contributed by atoms with Crippen molar-refractivity contribution < 1.29 is 19.4 Å². The topological polar surface area (TPSA) is 59.0 Å². The van der Waals surface area contributed by atoms with Crippen LogP contribution in [0.15, 0.2) is 18.2 Å². The minimum absolute atomic E-state index is 0.369. The summed E-state index contributed by atoms with van der Waals surface area (Å²) in [5, 5.41) is 9.26. The standard InChI is InChI=1S/C17H25NO4/c1-3-4-10-22-16-11-13(7-8-15(16)21-2)12-18-9-5-6-14(18)17(19)20/h7-8,11,14H,3-6,9-10,12H2,1-2H3,(H,19,20). The van der Waals surface area contributed by atoms with E-state index in [-0.39, 0.29) is 6.04 Å². The van der Waals surface area contributed by atoms with Gasteiger partial charge in [0.15, 0.2) is 11.5 Å². The fourth-order valence-electron chi connectivity index (χ4n) is 2.79. The Hall–Kier alpha value is -1.75. The molecule has 0 aromatic heterocycles. The van der Waals surface area contributed by atoms with Crippen molar-refractivity contribution in [1.29, 1.82) is 0 Å². The number of aliphatic carboxylic acids is 1. The number of hydrogen-bond acceptors (Lipinski definition) is 4. The van der Waals surface area contributed by atoms with E-state index in [0.717, 1.165) is 49.3 Å². The number of ether oxygens (including phenoxy) is 2. The maximum atomic E-state index is 11.3. The first-order valence-electron chi connectivity index (χ1n) is 7.92. The van der Waals surface area contributed by atoms with E-state index in [1.807, 2.05) is 23.1 Å². The molecule has 1 aromatic carbocycles. The summed E-state index contributed by atoms with van der Waals surface area (Å²) in [5.41, 5.74) is 1.06. The van der Waals surface area contributed by atoms with Gasteiger partial charge in [0.2, 0.25) is 0 Å². The molecule has 1 aliphatic rings. The Morgan fingerprint density at radius 3 is 2.91 bits per heavy atom. The maximum absolute atomic E-state index is 11.3. The monoisotopic (exact) mass is 307 g/mol. The van der Waals surface area contributed by atoms with E-state index >= 15 is 0 Å². The molecule has 122 valence electrons. The van der Waals surface area contributed by atoms with Crippen LogP contribution >= 0.6 is 0 Å². The fraction of sp³-hybridized carbons (Fsp3) is 0.588. The second-order valence-corrected chi connectivity index (χ2v) is 5.65. The number of rotatable bonds is 8. The fourth-order valence-corrected chi connectivity index (χ4v) is 2.79. The molecule has 1 aromatic rings. The van der Waals surface area contributed by atoms with Crippen LogP contribution in [0, 0.1) is 0 Å². The Labute approximate surface area is 131 Å². The van der Waals surface area contributed by atoms with Gasteiger partial charge in [-0.15, -0.1) is 0 Å². The van der Waals surface area contributed by atoms with Gasteiger partial charge < -0.3 is 14.6 Å². The number of methoxy groups -OCH3 is 1. The number of nitrogens with zero attached hydrogens (tertiary/aromatic N) is 1. The molecule has 5 heteroatoms. The van der Waals surface area contributed by atoms with Gasteiger partial charge in [-0.25, -0.2) is 0 Å². The highest BCUT2D eigenvalue weighted by atomic mass is 16.5. The molecule has 0 saturated carbocycles. The third-order valence-corrected chi connectivity index (χ3v) is 4.02. The largest absolute Gasteiger partial charge is 0.493 e. The lowest BCUT2D eigenvalue weighted by molar-refractivity contribution is -0.142. The quantitative estimate of drug-likeness (QED) is 0.748. The molecule has 0 amide bonds. The summed E-state index contributed by atoms with van der Waals surface area (Å²) < 4.78 is 11.1. The number of carboxylic acid groups (broad SMARTS) is 1. The van der Waals surface area contributed by atoms with Gasteiger partial charge in [0.1, 0.15) is 6.04 Å². The van der Waals surface area contributed by atoms with Gasteiger partial charge in [-0.05, 0) is 43.5 Å². The third kappa shape index (κ3) is 4.13. The molecule has 0 spiro atoms. The van der Waals surface area contributed by atoms with Crippen molar-refractivity contribution in [3.8, 4) is 11.5 Å². The van der Waals surface area contributed by atoms with Crippen molar-refractivity contribution >= 4 is 5.97 Å². The number of unbranched alkanes of at least 4 members (excludes halogenated alkanes) is 1. The van der Waals surface area contributed by atoms with E-state index in [1.165, 1.54) is 0 Å². The number of carbonyl (C=O) groups is 1. The summed E-state index contributed by atoms with van der Waals surface area (Å²) in [6.07, 6.45) is 3.75. The predicted molar refractivity (Wildman–Crippen MR) is 84.5 cm³/mol. The van der Waals surface area contributed by atoms with Crippen LogP contribution in [0.2, 0.25) is 0 Å². The van der Waals surface area contributed by atoms with Crippen LogP contribution in [0.5, 0.6) is 11.5 Å². The number of carboxylic acids is 1. The maximum Gasteiger partial charge on any atom is 0.320 e. The molecule has 2 rings (SSSR count). The molecule has 1 unspecified atom stereocenters.